The fraction of sp³-hybridized carbons (Fsp3) is 0.467. The van der Waals surface area contributed by atoms with Crippen LogP contribution in [-0.2, 0) is 17.9 Å². The highest BCUT2D eigenvalue weighted by Crippen LogP contribution is 1.98. The van der Waals surface area contributed by atoms with Gasteiger partial charge in [-0.25, -0.2) is 9.36 Å². The summed E-state index contributed by atoms with van der Waals surface area (Å²) in [6.07, 6.45) is 1.22. The Bertz CT molecular complexity index is 737. The largest absolute Gasteiger partial charge is 0.337 e. The maximum Gasteiger partial charge on any atom is 0.331 e. The quantitative estimate of drug-likeness (QED) is 0.708. The number of carbonyl (C=O) groups is 1. The number of hydrogen-bond acceptors (Lipinski definition) is 4. The summed E-state index contributed by atoms with van der Waals surface area (Å²) in [5.74, 6) is -0.359. The minimum atomic E-state index is -0.739. The lowest BCUT2D eigenvalue weighted by Gasteiger charge is -2.21. The highest BCUT2D eigenvalue weighted by Gasteiger charge is 2.17. The lowest BCUT2D eigenvalue weighted by atomic mass is 10.3. The third kappa shape index (κ3) is 3.73. The minimum absolute atomic E-state index is 0.155. The van der Waals surface area contributed by atoms with Gasteiger partial charge in [0, 0.05) is 25.8 Å². The molecule has 0 saturated carbocycles. The molecule has 0 atom stereocenters. The Hall–Kier alpha value is -2.62. The number of aromatic nitrogens is 2. The molecule has 1 rings (SSSR count). The fourth-order valence-electron chi connectivity index (χ4n) is 2.03. The van der Waals surface area contributed by atoms with E-state index in [0.29, 0.717) is 19.6 Å². The van der Waals surface area contributed by atoms with Crippen molar-refractivity contribution in [2.75, 3.05) is 13.1 Å². The van der Waals surface area contributed by atoms with E-state index >= 15 is 0 Å². The molecule has 1 heterocycles. The first-order chi connectivity index (χ1) is 10.3. The number of nitrogens with zero attached hydrogens (tertiary/aromatic N) is 4. The average molecular weight is 304 g/mol. The Labute approximate surface area is 128 Å². The molecule has 22 heavy (non-hydrogen) atoms. The molecule has 0 unspecified atom stereocenters. The van der Waals surface area contributed by atoms with E-state index in [4.69, 9.17) is 5.26 Å². The van der Waals surface area contributed by atoms with Gasteiger partial charge in [0.25, 0.3) is 5.56 Å². The van der Waals surface area contributed by atoms with E-state index in [0.717, 1.165) is 10.1 Å². The zero-order valence-electron chi connectivity index (χ0n) is 13.1. The zero-order valence-corrected chi connectivity index (χ0v) is 13.1. The summed E-state index contributed by atoms with van der Waals surface area (Å²) in [6.45, 7) is 9.81. The third-order valence-electron chi connectivity index (χ3n) is 3.19. The molecule has 0 aliphatic heterocycles. The Kier molecular flexibility index (Phi) is 5.87. The number of hydrogen-bond donors (Lipinski definition) is 0. The van der Waals surface area contributed by atoms with E-state index in [1.807, 2.05) is 0 Å². The summed E-state index contributed by atoms with van der Waals surface area (Å²) >= 11 is 0. The van der Waals surface area contributed by atoms with Gasteiger partial charge in [0.05, 0.1) is 0 Å². The van der Waals surface area contributed by atoms with E-state index in [1.54, 1.807) is 26.8 Å². The van der Waals surface area contributed by atoms with Crippen LogP contribution in [0.3, 0.4) is 0 Å². The van der Waals surface area contributed by atoms with Gasteiger partial charge < -0.3 is 4.90 Å². The van der Waals surface area contributed by atoms with Crippen molar-refractivity contribution in [1.82, 2.24) is 14.0 Å². The van der Waals surface area contributed by atoms with Crippen LogP contribution in [0.4, 0.5) is 0 Å². The van der Waals surface area contributed by atoms with Crippen LogP contribution in [-0.4, -0.2) is 33.0 Å². The zero-order chi connectivity index (χ0) is 16.9. The summed E-state index contributed by atoms with van der Waals surface area (Å²) in [5, 5.41) is 8.98. The summed E-state index contributed by atoms with van der Waals surface area (Å²) in [7, 11) is 0. The lowest BCUT2D eigenvalue weighted by Crippen LogP contribution is -2.45. The van der Waals surface area contributed by atoms with Gasteiger partial charge in [-0.15, -0.1) is 0 Å². The molecule has 118 valence electrons. The van der Waals surface area contributed by atoms with Crippen LogP contribution >= 0.6 is 0 Å². The normalized spacial score (nSPS) is 10.1. The number of likely N-dealkylation sites (N-methyl/N-ethyl adjacent to an activating group) is 1. The van der Waals surface area contributed by atoms with Gasteiger partial charge >= 0.3 is 5.69 Å². The van der Waals surface area contributed by atoms with Crippen molar-refractivity contribution in [3.8, 4) is 6.07 Å². The van der Waals surface area contributed by atoms with E-state index in [1.165, 1.54) is 15.7 Å². The van der Waals surface area contributed by atoms with Crippen LogP contribution in [0.1, 0.15) is 26.3 Å². The molecule has 0 N–H and O–H groups in total. The van der Waals surface area contributed by atoms with Crippen molar-refractivity contribution >= 4 is 5.91 Å². The standard InChI is InChI=1S/C15H20N4O3/c1-5-17(8-11(3)4)13(20)10-19-14(21)12(7-16)9-18(6-2)15(19)22/h9H,3,5-6,8,10H2,1-2,4H3. The van der Waals surface area contributed by atoms with Gasteiger partial charge in [-0.3, -0.25) is 14.2 Å². The number of rotatable bonds is 6. The summed E-state index contributed by atoms with van der Waals surface area (Å²) in [4.78, 5) is 38.1. The van der Waals surface area contributed by atoms with Gasteiger partial charge in [0.2, 0.25) is 5.91 Å². The van der Waals surface area contributed by atoms with E-state index in [-0.39, 0.29) is 18.0 Å². The first-order valence-electron chi connectivity index (χ1n) is 7.02. The Morgan fingerprint density at radius 2 is 2.05 bits per heavy atom. The van der Waals surface area contributed by atoms with Crippen LogP contribution in [0.2, 0.25) is 0 Å². The molecular weight excluding hydrogens is 284 g/mol. The number of nitriles is 1. The molecular formula is C15H20N4O3. The Balaban J connectivity index is 3.25. The monoisotopic (exact) mass is 304 g/mol. The predicted molar refractivity (Wildman–Crippen MR) is 82.4 cm³/mol. The van der Waals surface area contributed by atoms with Crippen LogP contribution in [0.25, 0.3) is 0 Å². The van der Waals surface area contributed by atoms with E-state index < -0.39 is 11.2 Å². The summed E-state index contributed by atoms with van der Waals surface area (Å²) < 4.78 is 2.05. The van der Waals surface area contributed by atoms with Gasteiger partial charge in [0.15, 0.2) is 0 Å². The minimum Gasteiger partial charge on any atom is -0.337 e. The number of carbonyl (C=O) groups excluding carboxylic acids is 1. The molecule has 1 amide bonds. The summed E-state index contributed by atoms with van der Waals surface area (Å²) in [5.41, 5.74) is -0.681. The molecule has 1 aromatic heterocycles. The van der Waals surface area contributed by atoms with Crippen LogP contribution in [0, 0.1) is 11.3 Å². The Morgan fingerprint density at radius 3 is 2.50 bits per heavy atom. The molecule has 0 spiro atoms. The lowest BCUT2D eigenvalue weighted by molar-refractivity contribution is -0.131. The number of aryl methyl sites for hydroxylation is 1. The molecule has 7 nitrogen and oxygen atoms in total. The molecule has 0 bridgehead atoms. The average Bonchev–Trinajstić information content (AvgIpc) is 2.48. The van der Waals surface area contributed by atoms with Crippen molar-refractivity contribution in [1.29, 1.82) is 5.26 Å². The molecule has 0 radical (unpaired) electrons. The molecule has 0 fully saturated rings. The highest BCUT2D eigenvalue weighted by molar-refractivity contribution is 5.76. The fourth-order valence-corrected chi connectivity index (χ4v) is 2.03. The van der Waals surface area contributed by atoms with Gasteiger partial charge in [-0.1, -0.05) is 12.2 Å². The van der Waals surface area contributed by atoms with Crippen LogP contribution in [0.15, 0.2) is 27.9 Å². The molecule has 0 aliphatic carbocycles. The molecule has 0 aromatic carbocycles. The van der Waals surface area contributed by atoms with Gasteiger partial charge in [-0.2, -0.15) is 5.26 Å². The van der Waals surface area contributed by atoms with Crippen LogP contribution in [0.5, 0.6) is 0 Å². The van der Waals surface area contributed by atoms with Crippen LogP contribution < -0.4 is 11.2 Å². The summed E-state index contributed by atoms with van der Waals surface area (Å²) in [6, 6.07) is 1.75. The molecule has 7 heteroatoms. The number of amides is 1. The van der Waals surface area contributed by atoms with E-state index in [9.17, 15) is 14.4 Å². The van der Waals surface area contributed by atoms with Gasteiger partial charge in [-0.05, 0) is 20.8 Å². The second kappa shape index (κ2) is 7.41. The first kappa shape index (κ1) is 17.4. The maximum absolute atomic E-state index is 12.3. The Morgan fingerprint density at radius 1 is 1.41 bits per heavy atom. The van der Waals surface area contributed by atoms with Crippen molar-refractivity contribution in [2.24, 2.45) is 0 Å². The topological polar surface area (TPSA) is 88.1 Å². The predicted octanol–water partition coefficient (Wildman–Crippen LogP) is 0.326. The third-order valence-corrected chi connectivity index (χ3v) is 3.19. The van der Waals surface area contributed by atoms with Gasteiger partial charge in [0.1, 0.15) is 18.2 Å². The first-order valence-corrected chi connectivity index (χ1v) is 7.02. The second-order valence-corrected chi connectivity index (χ2v) is 4.98. The SMILES string of the molecule is C=C(C)CN(CC)C(=O)Cn1c(=O)c(C#N)cn(CC)c1=O. The maximum atomic E-state index is 12.3. The highest BCUT2D eigenvalue weighted by atomic mass is 16.2. The smallest absolute Gasteiger partial charge is 0.331 e. The van der Waals surface area contributed by atoms with Crippen molar-refractivity contribution in [3.63, 3.8) is 0 Å². The van der Waals surface area contributed by atoms with Crippen molar-refractivity contribution < 1.29 is 4.79 Å². The molecule has 0 aliphatic rings. The van der Waals surface area contributed by atoms with Crippen molar-refractivity contribution in [3.05, 3.63) is 44.8 Å². The van der Waals surface area contributed by atoms with Crippen molar-refractivity contribution in [2.45, 2.75) is 33.9 Å². The van der Waals surface area contributed by atoms with E-state index in [2.05, 4.69) is 6.58 Å². The second-order valence-electron chi connectivity index (χ2n) is 4.98. The molecule has 1 aromatic rings. The molecule has 0 saturated heterocycles.